The van der Waals surface area contributed by atoms with Crippen molar-refractivity contribution in [2.45, 2.75) is 25.7 Å². The van der Waals surface area contributed by atoms with Gasteiger partial charge in [-0.25, -0.2) is 0 Å². The molecule has 0 saturated heterocycles. The van der Waals surface area contributed by atoms with Gasteiger partial charge in [0.1, 0.15) is 0 Å². The maximum atomic E-state index is 11.6. The molecule has 0 saturated carbocycles. The number of rotatable bonds is 7. The van der Waals surface area contributed by atoms with E-state index < -0.39 is 5.97 Å². The van der Waals surface area contributed by atoms with Crippen molar-refractivity contribution in [2.75, 3.05) is 26.5 Å². The number of hydrogen-bond acceptors (Lipinski definition) is 5. The maximum absolute atomic E-state index is 11.6. The second-order valence-corrected chi connectivity index (χ2v) is 5.97. The summed E-state index contributed by atoms with van der Waals surface area (Å²) < 4.78 is 4.47. The Balaban J connectivity index is 2.41. The molecule has 25 heavy (non-hydrogen) atoms. The van der Waals surface area contributed by atoms with E-state index in [2.05, 4.69) is 15.4 Å². The van der Waals surface area contributed by atoms with E-state index in [4.69, 9.17) is 12.2 Å². The lowest BCUT2D eigenvalue weighted by atomic mass is 10.1. The Morgan fingerprint density at radius 3 is 2.28 bits per heavy atom. The molecule has 0 heterocycles. The lowest BCUT2D eigenvalue weighted by Gasteiger charge is -2.11. The van der Waals surface area contributed by atoms with Crippen LogP contribution in [0.25, 0.3) is 0 Å². The zero-order chi connectivity index (χ0) is 18.8. The molecule has 0 bridgehead atoms. The maximum Gasteiger partial charge on any atom is 0.306 e. The van der Waals surface area contributed by atoms with Crippen LogP contribution >= 0.6 is 12.2 Å². The summed E-state index contributed by atoms with van der Waals surface area (Å²) in [5.41, 5.74) is 1.76. The van der Waals surface area contributed by atoms with E-state index in [1.807, 2.05) is 24.3 Å². The predicted molar refractivity (Wildman–Crippen MR) is 99.1 cm³/mol. The van der Waals surface area contributed by atoms with E-state index in [-0.39, 0.29) is 29.8 Å². The van der Waals surface area contributed by atoms with Gasteiger partial charge in [-0.1, -0.05) is 12.1 Å². The first kappa shape index (κ1) is 20.6. The molecule has 0 aliphatic heterocycles. The van der Waals surface area contributed by atoms with E-state index in [0.29, 0.717) is 12.8 Å². The standard InChI is InChI=1S/C17H23N3O4S/c1-20(2)15(22)10-6-12-4-7-13(8-5-12)18-17(25)19-14(21)9-11-16(23)24-3/h4-5,7-8H,6,9-11H2,1-3H3,(H2,18,19,21,25). The molecule has 0 atom stereocenters. The summed E-state index contributed by atoms with van der Waals surface area (Å²) in [5.74, 6) is -0.725. The molecule has 2 amide bonds. The molecule has 136 valence electrons. The number of methoxy groups -OCH3 is 1. The minimum atomic E-state index is -0.447. The molecule has 0 spiro atoms. The number of carbonyl (C=O) groups excluding carboxylic acids is 3. The number of amides is 2. The molecule has 0 aliphatic rings. The van der Waals surface area contributed by atoms with E-state index >= 15 is 0 Å². The quantitative estimate of drug-likeness (QED) is 0.562. The van der Waals surface area contributed by atoms with Crippen LogP contribution in [0.4, 0.5) is 5.69 Å². The van der Waals surface area contributed by atoms with Gasteiger partial charge in [0.15, 0.2) is 5.11 Å². The highest BCUT2D eigenvalue weighted by molar-refractivity contribution is 7.80. The highest BCUT2D eigenvalue weighted by Gasteiger charge is 2.09. The summed E-state index contributed by atoms with van der Waals surface area (Å²) in [6.07, 6.45) is 1.12. The van der Waals surface area contributed by atoms with Gasteiger partial charge in [0.25, 0.3) is 0 Å². The SMILES string of the molecule is COC(=O)CCC(=O)NC(=S)Nc1ccc(CCC(=O)N(C)C)cc1. The third kappa shape index (κ3) is 8.25. The average molecular weight is 365 g/mol. The fraction of sp³-hybridized carbons (Fsp3) is 0.412. The van der Waals surface area contributed by atoms with E-state index in [1.54, 1.807) is 19.0 Å². The van der Waals surface area contributed by atoms with Crippen molar-refractivity contribution in [1.82, 2.24) is 10.2 Å². The topological polar surface area (TPSA) is 87.7 Å². The Kier molecular flexibility index (Phi) is 8.55. The van der Waals surface area contributed by atoms with Crippen LogP contribution in [0.5, 0.6) is 0 Å². The summed E-state index contributed by atoms with van der Waals surface area (Å²) in [7, 11) is 4.73. The van der Waals surface area contributed by atoms with Crippen molar-refractivity contribution in [3.8, 4) is 0 Å². The Hall–Kier alpha value is -2.48. The number of carbonyl (C=O) groups is 3. The smallest absolute Gasteiger partial charge is 0.306 e. The van der Waals surface area contributed by atoms with Crippen molar-refractivity contribution in [2.24, 2.45) is 0 Å². The molecular formula is C17H23N3O4S. The molecule has 0 aliphatic carbocycles. The summed E-state index contributed by atoms with van der Waals surface area (Å²) in [6, 6.07) is 7.44. The first-order valence-corrected chi connectivity index (χ1v) is 8.19. The number of benzene rings is 1. The number of anilines is 1. The second kappa shape index (κ2) is 10.4. The van der Waals surface area contributed by atoms with Gasteiger partial charge in [-0.2, -0.15) is 0 Å². The summed E-state index contributed by atoms with van der Waals surface area (Å²) >= 11 is 5.06. The largest absolute Gasteiger partial charge is 0.469 e. The fourth-order valence-electron chi connectivity index (χ4n) is 1.90. The van der Waals surface area contributed by atoms with Gasteiger partial charge in [0.2, 0.25) is 11.8 Å². The van der Waals surface area contributed by atoms with Crippen molar-refractivity contribution in [3.05, 3.63) is 29.8 Å². The van der Waals surface area contributed by atoms with Crippen LogP contribution in [0.15, 0.2) is 24.3 Å². The zero-order valence-corrected chi connectivity index (χ0v) is 15.4. The highest BCUT2D eigenvalue weighted by Crippen LogP contribution is 2.11. The molecule has 1 aromatic carbocycles. The number of esters is 1. The number of nitrogens with zero attached hydrogens (tertiary/aromatic N) is 1. The number of nitrogens with one attached hydrogen (secondary N) is 2. The minimum absolute atomic E-state index is 0.00527. The molecule has 0 fully saturated rings. The lowest BCUT2D eigenvalue weighted by molar-refractivity contribution is -0.142. The Bertz CT molecular complexity index is 629. The molecule has 0 aromatic heterocycles. The molecular weight excluding hydrogens is 342 g/mol. The highest BCUT2D eigenvalue weighted by atomic mass is 32.1. The van der Waals surface area contributed by atoms with Crippen molar-refractivity contribution in [3.63, 3.8) is 0 Å². The third-order valence-corrected chi connectivity index (χ3v) is 3.58. The molecule has 0 unspecified atom stereocenters. The van der Waals surface area contributed by atoms with E-state index in [9.17, 15) is 14.4 Å². The van der Waals surface area contributed by atoms with Gasteiger partial charge in [0, 0.05) is 32.6 Å². The average Bonchev–Trinajstić information content (AvgIpc) is 2.58. The summed E-state index contributed by atoms with van der Waals surface area (Å²) in [4.78, 5) is 35.8. The van der Waals surface area contributed by atoms with Crippen LogP contribution in [0, 0.1) is 0 Å². The second-order valence-electron chi connectivity index (χ2n) is 5.56. The van der Waals surface area contributed by atoms with Crippen LogP contribution in [0.3, 0.4) is 0 Å². The van der Waals surface area contributed by atoms with Gasteiger partial charge in [-0.15, -0.1) is 0 Å². The monoisotopic (exact) mass is 365 g/mol. The van der Waals surface area contributed by atoms with Gasteiger partial charge in [-0.05, 0) is 36.3 Å². The van der Waals surface area contributed by atoms with E-state index in [0.717, 1.165) is 11.3 Å². The molecule has 1 rings (SSSR count). The molecule has 8 heteroatoms. The van der Waals surface area contributed by atoms with Crippen molar-refractivity contribution >= 4 is 40.8 Å². The Morgan fingerprint density at radius 1 is 1.08 bits per heavy atom. The Morgan fingerprint density at radius 2 is 1.72 bits per heavy atom. The normalized spacial score (nSPS) is 9.88. The van der Waals surface area contributed by atoms with Crippen LogP contribution in [0.2, 0.25) is 0 Å². The minimum Gasteiger partial charge on any atom is -0.469 e. The molecule has 2 N–H and O–H groups in total. The molecule has 0 radical (unpaired) electrons. The van der Waals surface area contributed by atoms with Crippen LogP contribution < -0.4 is 10.6 Å². The van der Waals surface area contributed by atoms with Crippen LogP contribution in [-0.4, -0.2) is 49.0 Å². The zero-order valence-electron chi connectivity index (χ0n) is 14.6. The predicted octanol–water partition coefficient (Wildman–Crippen LogP) is 1.47. The first-order valence-electron chi connectivity index (χ1n) is 7.78. The number of ether oxygens (including phenoxy) is 1. The van der Waals surface area contributed by atoms with E-state index in [1.165, 1.54) is 7.11 Å². The van der Waals surface area contributed by atoms with Gasteiger partial charge in [-0.3, -0.25) is 14.4 Å². The van der Waals surface area contributed by atoms with Gasteiger partial charge < -0.3 is 20.3 Å². The Labute approximate surface area is 152 Å². The molecule has 1 aromatic rings. The summed E-state index contributed by atoms with van der Waals surface area (Å²) in [6.45, 7) is 0. The number of aryl methyl sites for hydroxylation is 1. The molecule has 7 nitrogen and oxygen atoms in total. The van der Waals surface area contributed by atoms with Crippen molar-refractivity contribution < 1.29 is 19.1 Å². The first-order chi connectivity index (χ1) is 11.8. The number of hydrogen-bond donors (Lipinski definition) is 2. The third-order valence-electron chi connectivity index (χ3n) is 3.37. The van der Waals surface area contributed by atoms with Crippen LogP contribution in [-0.2, 0) is 25.5 Å². The van der Waals surface area contributed by atoms with Crippen molar-refractivity contribution in [1.29, 1.82) is 0 Å². The van der Waals surface area contributed by atoms with Gasteiger partial charge in [0.05, 0.1) is 13.5 Å². The van der Waals surface area contributed by atoms with Crippen LogP contribution in [0.1, 0.15) is 24.8 Å². The number of thiocarbonyl (C=S) groups is 1. The van der Waals surface area contributed by atoms with Gasteiger partial charge >= 0.3 is 5.97 Å². The summed E-state index contributed by atoms with van der Waals surface area (Å²) in [5, 5.41) is 5.55. The lowest BCUT2D eigenvalue weighted by Crippen LogP contribution is -2.34. The fourth-order valence-corrected chi connectivity index (χ4v) is 2.13.